The molecule has 142 valence electrons. The summed E-state index contributed by atoms with van der Waals surface area (Å²) >= 11 is 0. The van der Waals surface area contributed by atoms with Gasteiger partial charge in [-0.3, -0.25) is 14.5 Å². The number of fused-ring (bicyclic) bond motifs is 1. The van der Waals surface area contributed by atoms with E-state index in [2.05, 4.69) is 28.4 Å². The number of nitrogens with one attached hydrogen (secondary N) is 1. The summed E-state index contributed by atoms with van der Waals surface area (Å²) in [7, 11) is 0. The lowest BCUT2D eigenvalue weighted by atomic mass is 9.90. The molecule has 1 aliphatic carbocycles. The quantitative estimate of drug-likeness (QED) is 0.874. The molecule has 0 saturated carbocycles. The second kappa shape index (κ2) is 9.17. The van der Waals surface area contributed by atoms with Crippen molar-refractivity contribution in [3.63, 3.8) is 0 Å². The van der Waals surface area contributed by atoms with Crippen LogP contribution in [0.3, 0.4) is 0 Å². The Morgan fingerprint density at radius 1 is 1.00 bits per heavy atom. The third-order valence-corrected chi connectivity index (χ3v) is 5.45. The minimum Gasteiger partial charge on any atom is -0.355 e. The molecule has 0 bridgehead atoms. The number of amides is 2. The standard InChI is InChI=1S/C21H31N3O2/c1-2-22-20(25)16-23-10-5-11-24(13-12-23)21(26)15-17-8-9-18-6-3-4-7-19(18)14-17/h8-9,14H,2-7,10-13,15-16H2,1H3,(H,22,25). The van der Waals surface area contributed by atoms with E-state index in [1.807, 2.05) is 11.8 Å². The molecule has 0 unspecified atom stereocenters. The molecule has 1 aromatic carbocycles. The summed E-state index contributed by atoms with van der Waals surface area (Å²) in [5.41, 5.74) is 4.04. The molecular weight excluding hydrogens is 326 g/mol. The van der Waals surface area contributed by atoms with Gasteiger partial charge in [-0.05, 0) is 55.7 Å². The van der Waals surface area contributed by atoms with Crippen molar-refractivity contribution in [3.05, 3.63) is 34.9 Å². The van der Waals surface area contributed by atoms with E-state index in [0.717, 1.165) is 38.0 Å². The van der Waals surface area contributed by atoms with Crippen LogP contribution in [0.5, 0.6) is 0 Å². The zero-order valence-corrected chi connectivity index (χ0v) is 15.9. The fourth-order valence-corrected chi connectivity index (χ4v) is 4.02. The van der Waals surface area contributed by atoms with Crippen molar-refractivity contribution >= 4 is 11.8 Å². The first-order valence-corrected chi connectivity index (χ1v) is 10.0. The normalized spacial score (nSPS) is 18.1. The molecule has 5 heteroatoms. The average Bonchev–Trinajstić information content (AvgIpc) is 2.87. The highest BCUT2D eigenvalue weighted by Gasteiger charge is 2.21. The number of rotatable bonds is 5. The maximum Gasteiger partial charge on any atom is 0.234 e. The molecule has 0 aromatic heterocycles. The molecule has 1 aliphatic heterocycles. The van der Waals surface area contributed by atoms with Gasteiger partial charge in [0, 0.05) is 32.7 Å². The largest absolute Gasteiger partial charge is 0.355 e. The van der Waals surface area contributed by atoms with Crippen molar-refractivity contribution in [2.24, 2.45) is 0 Å². The van der Waals surface area contributed by atoms with Gasteiger partial charge in [0.15, 0.2) is 0 Å². The van der Waals surface area contributed by atoms with Gasteiger partial charge in [0.1, 0.15) is 0 Å². The van der Waals surface area contributed by atoms with Crippen LogP contribution >= 0.6 is 0 Å². The highest BCUT2D eigenvalue weighted by molar-refractivity contribution is 5.79. The maximum absolute atomic E-state index is 12.7. The van der Waals surface area contributed by atoms with Crippen LogP contribution in [0.15, 0.2) is 18.2 Å². The molecule has 0 spiro atoms. The summed E-state index contributed by atoms with van der Waals surface area (Å²) in [6, 6.07) is 6.58. The summed E-state index contributed by atoms with van der Waals surface area (Å²) in [5, 5.41) is 2.84. The lowest BCUT2D eigenvalue weighted by Crippen LogP contribution is -2.40. The zero-order chi connectivity index (χ0) is 18.4. The third kappa shape index (κ3) is 5.07. The number of benzene rings is 1. The second-order valence-corrected chi connectivity index (χ2v) is 7.45. The van der Waals surface area contributed by atoms with Crippen LogP contribution in [0.1, 0.15) is 42.9 Å². The van der Waals surface area contributed by atoms with Crippen molar-refractivity contribution in [1.82, 2.24) is 15.1 Å². The van der Waals surface area contributed by atoms with Gasteiger partial charge in [-0.2, -0.15) is 0 Å². The maximum atomic E-state index is 12.7. The fraction of sp³-hybridized carbons (Fsp3) is 0.619. The van der Waals surface area contributed by atoms with Gasteiger partial charge in [0.05, 0.1) is 13.0 Å². The van der Waals surface area contributed by atoms with E-state index in [1.54, 1.807) is 0 Å². The van der Waals surface area contributed by atoms with Crippen LogP contribution in [0, 0.1) is 0 Å². The molecule has 0 atom stereocenters. The first-order valence-electron chi connectivity index (χ1n) is 10.0. The lowest BCUT2D eigenvalue weighted by Gasteiger charge is -2.22. The Morgan fingerprint density at radius 3 is 2.62 bits per heavy atom. The number of nitrogens with zero attached hydrogens (tertiary/aromatic N) is 2. The van der Waals surface area contributed by atoms with Crippen molar-refractivity contribution in [1.29, 1.82) is 0 Å². The van der Waals surface area contributed by atoms with Gasteiger partial charge in [-0.25, -0.2) is 0 Å². The van der Waals surface area contributed by atoms with E-state index >= 15 is 0 Å². The molecule has 1 saturated heterocycles. The predicted molar refractivity (Wildman–Crippen MR) is 103 cm³/mol. The third-order valence-electron chi connectivity index (χ3n) is 5.45. The Bertz CT molecular complexity index is 644. The number of carbonyl (C=O) groups excluding carboxylic acids is 2. The van der Waals surface area contributed by atoms with Crippen molar-refractivity contribution < 1.29 is 9.59 Å². The van der Waals surface area contributed by atoms with Crippen LogP contribution < -0.4 is 5.32 Å². The van der Waals surface area contributed by atoms with Crippen molar-refractivity contribution in [2.75, 3.05) is 39.3 Å². The first kappa shape index (κ1) is 18.9. The smallest absolute Gasteiger partial charge is 0.234 e. The van der Waals surface area contributed by atoms with E-state index in [0.29, 0.717) is 26.1 Å². The molecule has 1 heterocycles. The van der Waals surface area contributed by atoms with Gasteiger partial charge in [0.2, 0.25) is 11.8 Å². The molecule has 1 fully saturated rings. The summed E-state index contributed by atoms with van der Waals surface area (Å²) < 4.78 is 0. The Hall–Kier alpha value is -1.88. The molecule has 2 amide bonds. The molecule has 1 N–H and O–H groups in total. The van der Waals surface area contributed by atoms with E-state index < -0.39 is 0 Å². The molecule has 26 heavy (non-hydrogen) atoms. The number of carbonyl (C=O) groups is 2. The zero-order valence-electron chi connectivity index (χ0n) is 15.9. The number of aryl methyl sites for hydroxylation is 2. The Morgan fingerprint density at radius 2 is 1.81 bits per heavy atom. The van der Waals surface area contributed by atoms with E-state index in [1.165, 1.54) is 30.4 Å². The minimum absolute atomic E-state index is 0.0707. The van der Waals surface area contributed by atoms with E-state index in [4.69, 9.17) is 0 Å². The highest BCUT2D eigenvalue weighted by Crippen LogP contribution is 2.22. The monoisotopic (exact) mass is 357 g/mol. The lowest BCUT2D eigenvalue weighted by molar-refractivity contribution is -0.130. The van der Waals surface area contributed by atoms with Gasteiger partial charge in [-0.15, -0.1) is 0 Å². The number of hydrogen-bond donors (Lipinski definition) is 1. The van der Waals surface area contributed by atoms with Crippen molar-refractivity contribution in [3.8, 4) is 0 Å². The van der Waals surface area contributed by atoms with Gasteiger partial charge >= 0.3 is 0 Å². The minimum atomic E-state index is 0.0707. The number of hydrogen-bond acceptors (Lipinski definition) is 3. The van der Waals surface area contributed by atoms with E-state index in [-0.39, 0.29) is 11.8 Å². The Balaban J connectivity index is 1.53. The van der Waals surface area contributed by atoms with Crippen LogP contribution in [-0.2, 0) is 28.9 Å². The second-order valence-electron chi connectivity index (χ2n) is 7.45. The molecule has 5 nitrogen and oxygen atoms in total. The predicted octanol–water partition coefficient (Wildman–Crippen LogP) is 1.78. The topological polar surface area (TPSA) is 52.7 Å². The van der Waals surface area contributed by atoms with Crippen molar-refractivity contribution in [2.45, 2.75) is 45.4 Å². The fourth-order valence-electron chi connectivity index (χ4n) is 4.02. The Labute approximate surface area is 156 Å². The molecule has 3 rings (SSSR count). The molecular formula is C21H31N3O2. The van der Waals surface area contributed by atoms with E-state index in [9.17, 15) is 9.59 Å². The average molecular weight is 357 g/mol. The highest BCUT2D eigenvalue weighted by atomic mass is 16.2. The molecule has 0 radical (unpaired) electrons. The number of likely N-dealkylation sites (N-methyl/N-ethyl adjacent to an activating group) is 1. The van der Waals surface area contributed by atoms with Gasteiger partial charge in [-0.1, -0.05) is 18.2 Å². The van der Waals surface area contributed by atoms with Gasteiger partial charge < -0.3 is 10.2 Å². The van der Waals surface area contributed by atoms with Crippen LogP contribution in [0.25, 0.3) is 0 Å². The van der Waals surface area contributed by atoms with Crippen LogP contribution in [0.4, 0.5) is 0 Å². The summed E-state index contributed by atoms with van der Waals surface area (Å²) in [6.07, 6.45) is 6.29. The first-order chi connectivity index (χ1) is 12.7. The van der Waals surface area contributed by atoms with Gasteiger partial charge in [0.25, 0.3) is 0 Å². The summed E-state index contributed by atoms with van der Waals surface area (Å²) in [5.74, 6) is 0.280. The van der Waals surface area contributed by atoms with Crippen LogP contribution in [-0.4, -0.2) is 60.9 Å². The summed E-state index contributed by atoms with van der Waals surface area (Å²) in [4.78, 5) is 28.6. The molecule has 2 aliphatic rings. The van der Waals surface area contributed by atoms with Crippen LogP contribution in [0.2, 0.25) is 0 Å². The molecule has 1 aromatic rings. The SMILES string of the molecule is CCNC(=O)CN1CCCN(C(=O)Cc2ccc3c(c2)CCCC3)CC1. The summed E-state index contributed by atoms with van der Waals surface area (Å²) in [6.45, 7) is 6.17. The Kier molecular flexibility index (Phi) is 6.67.